The number of aryl methyl sites for hydroxylation is 1. The van der Waals surface area contributed by atoms with Gasteiger partial charge in [0.1, 0.15) is 5.75 Å². The van der Waals surface area contributed by atoms with Gasteiger partial charge in [-0.25, -0.2) is 0 Å². The number of nitrogens with zero attached hydrogens (tertiary/aromatic N) is 2. The van der Waals surface area contributed by atoms with Crippen LogP contribution in [0.1, 0.15) is 11.1 Å². The molecule has 2 aromatic rings. The van der Waals surface area contributed by atoms with Gasteiger partial charge in [-0.2, -0.15) is 0 Å². The average Bonchev–Trinajstić information content (AvgIpc) is 3.00. The maximum atomic E-state index is 12.1. The molecule has 0 aliphatic heterocycles. The molecule has 0 aliphatic carbocycles. The molecule has 1 amide bonds. The molecule has 0 fully saturated rings. The van der Waals surface area contributed by atoms with Gasteiger partial charge in [-0.1, -0.05) is 35.2 Å². The fourth-order valence-corrected chi connectivity index (χ4v) is 3.50. The van der Waals surface area contributed by atoms with Crippen LogP contribution < -0.4 is 10.1 Å². The number of carbonyl (C=O) groups is 2. The van der Waals surface area contributed by atoms with E-state index in [-0.39, 0.29) is 24.1 Å². The predicted octanol–water partition coefficient (Wildman–Crippen LogP) is 2.30. The van der Waals surface area contributed by atoms with Crippen LogP contribution in [0, 0.1) is 6.92 Å². The molecule has 0 spiro atoms. The number of esters is 1. The van der Waals surface area contributed by atoms with Crippen LogP contribution in [-0.2, 0) is 20.7 Å². The summed E-state index contributed by atoms with van der Waals surface area (Å²) in [5.74, 6) is 0.427. The number of methoxy groups -OCH3 is 2. The second-order valence-electron chi connectivity index (χ2n) is 4.77. The quantitative estimate of drug-likeness (QED) is 0.456. The summed E-state index contributed by atoms with van der Waals surface area (Å²) in [5.41, 5.74) is 1.86. The van der Waals surface area contributed by atoms with Crippen LogP contribution in [0.3, 0.4) is 0 Å². The minimum Gasteiger partial charge on any atom is -0.496 e. The molecule has 0 aliphatic rings. The fourth-order valence-electron chi connectivity index (χ4n) is 1.90. The highest BCUT2D eigenvalue weighted by Gasteiger charge is 2.11. The lowest BCUT2D eigenvalue weighted by molar-refractivity contribution is -0.137. The van der Waals surface area contributed by atoms with Gasteiger partial charge in [0.05, 0.1) is 26.4 Å². The van der Waals surface area contributed by atoms with Crippen LogP contribution in [0.5, 0.6) is 5.75 Å². The first kappa shape index (κ1) is 18.2. The Kier molecular flexibility index (Phi) is 6.56. The first-order valence-corrected chi connectivity index (χ1v) is 8.78. The number of anilines is 1. The second-order valence-corrected chi connectivity index (χ2v) is 6.97. The number of benzene rings is 1. The molecule has 0 atom stereocenters. The monoisotopic (exact) mass is 367 g/mol. The van der Waals surface area contributed by atoms with E-state index < -0.39 is 0 Å². The smallest absolute Gasteiger partial charge is 0.316 e. The molecule has 9 heteroatoms. The number of amides is 1. The maximum Gasteiger partial charge on any atom is 0.316 e. The second kappa shape index (κ2) is 8.65. The minimum atomic E-state index is -0.337. The average molecular weight is 367 g/mol. The van der Waals surface area contributed by atoms with Crippen molar-refractivity contribution in [1.29, 1.82) is 0 Å². The molecule has 1 heterocycles. The fraction of sp³-hybridized carbons (Fsp3) is 0.333. The highest BCUT2D eigenvalue weighted by molar-refractivity contribution is 8.01. The van der Waals surface area contributed by atoms with Gasteiger partial charge in [-0.3, -0.25) is 9.59 Å². The van der Waals surface area contributed by atoms with E-state index in [1.165, 1.54) is 30.2 Å². The summed E-state index contributed by atoms with van der Waals surface area (Å²) < 4.78 is 10.3. The van der Waals surface area contributed by atoms with Gasteiger partial charge in [0, 0.05) is 0 Å². The van der Waals surface area contributed by atoms with Crippen LogP contribution >= 0.6 is 23.1 Å². The van der Waals surface area contributed by atoms with Crippen molar-refractivity contribution in [3.63, 3.8) is 0 Å². The largest absolute Gasteiger partial charge is 0.496 e. The van der Waals surface area contributed by atoms with Gasteiger partial charge >= 0.3 is 5.97 Å². The number of rotatable bonds is 7. The lowest BCUT2D eigenvalue weighted by Gasteiger charge is -2.07. The molecular weight excluding hydrogens is 350 g/mol. The molecule has 1 N–H and O–H groups in total. The molecule has 0 bridgehead atoms. The van der Waals surface area contributed by atoms with Crippen molar-refractivity contribution >= 4 is 40.1 Å². The van der Waals surface area contributed by atoms with E-state index in [0.29, 0.717) is 9.47 Å². The summed E-state index contributed by atoms with van der Waals surface area (Å²) in [6, 6.07) is 5.60. The minimum absolute atomic E-state index is 0.157. The van der Waals surface area contributed by atoms with E-state index in [2.05, 4.69) is 20.3 Å². The van der Waals surface area contributed by atoms with E-state index in [1.54, 1.807) is 7.11 Å². The van der Waals surface area contributed by atoms with Gasteiger partial charge in [-0.15, -0.1) is 10.2 Å². The Morgan fingerprint density at radius 2 is 2.08 bits per heavy atom. The van der Waals surface area contributed by atoms with Gasteiger partial charge in [0.25, 0.3) is 0 Å². The van der Waals surface area contributed by atoms with Crippen molar-refractivity contribution in [1.82, 2.24) is 10.2 Å². The summed E-state index contributed by atoms with van der Waals surface area (Å²) in [7, 11) is 2.94. The van der Waals surface area contributed by atoms with E-state index in [1.807, 2.05) is 25.1 Å². The molecule has 0 saturated heterocycles. The van der Waals surface area contributed by atoms with E-state index in [0.717, 1.165) is 16.9 Å². The van der Waals surface area contributed by atoms with Crippen molar-refractivity contribution in [3.8, 4) is 5.75 Å². The normalized spacial score (nSPS) is 10.3. The third-order valence-corrected chi connectivity index (χ3v) is 4.96. The Bertz CT molecular complexity index is 733. The molecule has 0 saturated carbocycles. The van der Waals surface area contributed by atoms with Crippen LogP contribution in [0.4, 0.5) is 5.13 Å². The zero-order valence-corrected chi connectivity index (χ0v) is 15.1. The molecule has 0 radical (unpaired) electrons. The number of hydrogen-bond donors (Lipinski definition) is 1. The SMILES string of the molecule is COC(=O)CSc1nnc(NC(=O)Cc2ccc(OC)c(C)c2)s1. The highest BCUT2D eigenvalue weighted by Crippen LogP contribution is 2.25. The van der Waals surface area contributed by atoms with E-state index in [9.17, 15) is 9.59 Å². The summed E-state index contributed by atoms with van der Waals surface area (Å²) in [5, 5.41) is 10.9. The van der Waals surface area contributed by atoms with Crippen molar-refractivity contribution in [3.05, 3.63) is 29.3 Å². The maximum absolute atomic E-state index is 12.1. The Hall–Kier alpha value is -2.13. The Labute approximate surface area is 147 Å². The summed E-state index contributed by atoms with van der Waals surface area (Å²) in [6.07, 6.45) is 0.231. The summed E-state index contributed by atoms with van der Waals surface area (Å²) in [4.78, 5) is 23.2. The van der Waals surface area contributed by atoms with Crippen LogP contribution in [-0.4, -0.2) is 42.0 Å². The topological polar surface area (TPSA) is 90.4 Å². The molecular formula is C15H17N3O4S2. The number of nitrogens with one attached hydrogen (secondary N) is 1. The van der Waals surface area contributed by atoms with Gasteiger partial charge < -0.3 is 14.8 Å². The third-order valence-electron chi connectivity index (χ3n) is 3.02. The first-order valence-electron chi connectivity index (χ1n) is 6.98. The van der Waals surface area contributed by atoms with Crippen molar-refractivity contribution in [2.45, 2.75) is 17.7 Å². The third kappa shape index (κ3) is 5.20. The van der Waals surface area contributed by atoms with E-state index in [4.69, 9.17) is 4.74 Å². The predicted molar refractivity (Wildman–Crippen MR) is 92.7 cm³/mol. The van der Waals surface area contributed by atoms with Gasteiger partial charge in [-0.05, 0) is 24.1 Å². The molecule has 2 rings (SSSR count). The lowest BCUT2D eigenvalue weighted by atomic mass is 10.1. The summed E-state index contributed by atoms with van der Waals surface area (Å²) in [6.45, 7) is 1.93. The molecule has 128 valence electrons. The molecule has 1 aromatic heterocycles. The number of thioether (sulfide) groups is 1. The number of carbonyl (C=O) groups excluding carboxylic acids is 2. The number of ether oxygens (including phenoxy) is 2. The van der Waals surface area contributed by atoms with Crippen molar-refractivity contribution < 1.29 is 19.1 Å². The highest BCUT2D eigenvalue weighted by atomic mass is 32.2. The molecule has 24 heavy (non-hydrogen) atoms. The molecule has 1 aromatic carbocycles. The lowest BCUT2D eigenvalue weighted by Crippen LogP contribution is -2.14. The Balaban J connectivity index is 1.89. The van der Waals surface area contributed by atoms with E-state index >= 15 is 0 Å². The van der Waals surface area contributed by atoms with Crippen LogP contribution in [0.25, 0.3) is 0 Å². The van der Waals surface area contributed by atoms with Gasteiger partial charge in [0.15, 0.2) is 4.34 Å². The Morgan fingerprint density at radius 1 is 1.29 bits per heavy atom. The van der Waals surface area contributed by atoms with Crippen LogP contribution in [0.2, 0.25) is 0 Å². The van der Waals surface area contributed by atoms with Crippen molar-refractivity contribution in [2.24, 2.45) is 0 Å². The van der Waals surface area contributed by atoms with Crippen LogP contribution in [0.15, 0.2) is 22.5 Å². The summed E-state index contributed by atoms with van der Waals surface area (Å²) >= 11 is 2.43. The zero-order chi connectivity index (χ0) is 17.5. The Morgan fingerprint density at radius 3 is 2.75 bits per heavy atom. The zero-order valence-electron chi connectivity index (χ0n) is 13.5. The number of hydrogen-bond acceptors (Lipinski definition) is 8. The first-order chi connectivity index (χ1) is 11.5. The molecule has 0 unspecified atom stereocenters. The van der Waals surface area contributed by atoms with Gasteiger partial charge in [0.2, 0.25) is 11.0 Å². The number of aromatic nitrogens is 2. The molecule has 7 nitrogen and oxygen atoms in total. The standard InChI is InChI=1S/C15H17N3O4S2/c1-9-6-10(4-5-11(9)21-2)7-12(19)16-14-17-18-15(24-14)23-8-13(20)22-3/h4-6H,7-8H2,1-3H3,(H,16,17,19). The van der Waals surface area contributed by atoms with Crippen molar-refractivity contribution in [2.75, 3.05) is 25.3 Å².